The Morgan fingerprint density at radius 1 is 1.18 bits per heavy atom. The van der Waals surface area contributed by atoms with Crippen LogP contribution in [0.3, 0.4) is 0 Å². The summed E-state index contributed by atoms with van der Waals surface area (Å²) >= 11 is 0. The Labute approximate surface area is 225 Å². The van der Waals surface area contributed by atoms with E-state index >= 15 is 0 Å². The number of benzene rings is 2. The van der Waals surface area contributed by atoms with Gasteiger partial charge in [0.05, 0.1) is 24.0 Å². The maximum Gasteiger partial charge on any atom is 0.320 e. The zero-order valence-corrected chi connectivity index (χ0v) is 22.0. The predicted molar refractivity (Wildman–Crippen MR) is 144 cm³/mol. The fraction of sp³-hybridized carbons (Fsp3) is 0.321. The Hall–Kier alpha value is -4.09. The lowest BCUT2D eigenvalue weighted by atomic mass is 9.99. The first-order valence-corrected chi connectivity index (χ1v) is 12.8. The number of amides is 2. The first-order chi connectivity index (χ1) is 18.8. The summed E-state index contributed by atoms with van der Waals surface area (Å²) in [5, 5.41) is 18.5. The van der Waals surface area contributed by atoms with Crippen molar-refractivity contribution >= 4 is 11.8 Å². The van der Waals surface area contributed by atoms with Gasteiger partial charge in [0, 0.05) is 44.1 Å². The predicted octanol–water partition coefficient (Wildman–Crippen LogP) is 4.49. The number of hydrogen-bond donors (Lipinski definition) is 3. The molecule has 1 unspecified atom stereocenters. The largest absolute Gasteiger partial charge is 0.385 e. The van der Waals surface area contributed by atoms with Gasteiger partial charge in [0.25, 0.3) is 0 Å². The quantitative estimate of drug-likeness (QED) is 0.309. The number of carbonyl (C=O) groups is 1. The van der Waals surface area contributed by atoms with E-state index in [0.717, 1.165) is 22.9 Å². The zero-order valence-electron chi connectivity index (χ0n) is 22.0. The number of urea groups is 1. The molecule has 1 aliphatic rings. The number of carbonyl (C=O) groups excluding carboxylic acids is 1. The molecular weight excluding hydrogens is 504 g/mol. The molecule has 2 aromatic carbocycles. The average Bonchev–Trinajstić information content (AvgIpc) is 3.62. The Morgan fingerprint density at radius 2 is 1.97 bits per heavy atom. The highest BCUT2D eigenvalue weighted by molar-refractivity contribution is 5.91. The van der Waals surface area contributed by atoms with Gasteiger partial charge in [0.15, 0.2) is 11.6 Å². The molecule has 9 nitrogen and oxygen atoms in total. The van der Waals surface area contributed by atoms with Gasteiger partial charge in [-0.05, 0) is 49.6 Å². The number of nitrogens with zero attached hydrogens (tertiary/aromatic N) is 4. The van der Waals surface area contributed by atoms with E-state index in [2.05, 4.69) is 21.0 Å². The van der Waals surface area contributed by atoms with Gasteiger partial charge < -0.3 is 15.4 Å². The molecule has 11 heteroatoms. The molecule has 0 radical (unpaired) electrons. The Kier molecular flexibility index (Phi) is 7.71. The Balaban J connectivity index is 1.42. The van der Waals surface area contributed by atoms with Crippen molar-refractivity contribution < 1.29 is 18.3 Å². The van der Waals surface area contributed by atoms with E-state index in [4.69, 9.17) is 9.84 Å². The van der Waals surface area contributed by atoms with Gasteiger partial charge in [-0.1, -0.05) is 24.3 Å². The summed E-state index contributed by atoms with van der Waals surface area (Å²) in [5.74, 6) is -1.32. The van der Waals surface area contributed by atoms with Gasteiger partial charge >= 0.3 is 6.03 Å². The summed E-state index contributed by atoms with van der Waals surface area (Å²) in [7, 11) is 3.46. The second kappa shape index (κ2) is 11.3. The van der Waals surface area contributed by atoms with Crippen LogP contribution < -0.4 is 16.0 Å². The minimum Gasteiger partial charge on any atom is -0.385 e. The smallest absolute Gasteiger partial charge is 0.320 e. The van der Waals surface area contributed by atoms with Crippen molar-refractivity contribution in [2.24, 2.45) is 7.05 Å². The van der Waals surface area contributed by atoms with Crippen LogP contribution in [0.2, 0.25) is 0 Å². The molecule has 4 aromatic rings. The van der Waals surface area contributed by atoms with E-state index in [0.29, 0.717) is 36.5 Å². The van der Waals surface area contributed by atoms with E-state index in [1.54, 1.807) is 22.7 Å². The fourth-order valence-corrected chi connectivity index (χ4v) is 5.05. The molecule has 0 bridgehead atoms. The number of aryl methyl sites for hydroxylation is 1. The second-order valence-corrected chi connectivity index (χ2v) is 9.71. The molecule has 1 saturated heterocycles. The molecule has 2 aromatic heterocycles. The molecule has 5 rings (SSSR count). The van der Waals surface area contributed by atoms with E-state index in [9.17, 15) is 13.6 Å². The van der Waals surface area contributed by atoms with Gasteiger partial charge in [-0.3, -0.25) is 10.00 Å². The standard InChI is InChI=1S/C28H31F2N7O2/c1-17-25(19-15-31-36(2)16-19)35-37(21-7-5-4-6-8-21)27(17)34-28(38)33-24-14-20(11-12-39-3)32-26(24)18-9-10-22(29)23(30)13-18/h4-10,13,15-16,20,24,26,32H,11-12,14H2,1-3H3,(H2,33,34,38)/t20?,24-,26+/m1/s1. The molecule has 39 heavy (non-hydrogen) atoms. The molecular formula is C28H31F2N7O2. The summed E-state index contributed by atoms with van der Waals surface area (Å²) in [5.41, 5.74) is 3.65. The minimum atomic E-state index is -0.928. The van der Waals surface area contributed by atoms with Crippen LogP contribution in [0.25, 0.3) is 16.9 Å². The van der Waals surface area contributed by atoms with Gasteiger partial charge in [0.1, 0.15) is 11.5 Å². The van der Waals surface area contributed by atoms with Crippen LogP contribution in [-0.2, 0) is 11.8 Å². The fourth-order valence-electron chi connectivity index (χ4n) is 5.05. The molecule has 204 valence electrons. The van der Waals surface area contributed by atoms with Gasteiger partial charge in [-0.25, -0.2) is 18.3 Å². The first kappa shape index (κ1) is 26.5. The molecule has 3 heterocycles. The maximum atomic E-state index is 14.1. The molecule has 0 saturated carbocycles. The second-order valence-electron chi connectivity index (χ2n) is 9.71. The van der Waals surface area contributed by atoms with E-state index < -0.39 is 23.7 Å². The number of halogens is 2. The number of rotatable bonds is 8. The number of ether oxygens (including phenoxy) is 1. The van der Waals surface area contributed by atoms with Crippen molar-refractivity contribution in [2.75, 3.05) is 19.0 Å². The number of nitrogens with one attached hydrogen (secondary N) is 3. The van der Waals surface area contributed by atoms with Crippen LogP contribution in [0.5, 0.6) is 0 Å². The third-order valence-electron chi connectivity index (χ3n) is 6.98. The molecule has 0 aliphatic carbocycles. The van der Waals surface area contributed by atoms with Crippen molar-refractivity contribution in [3.63, 3.8) is 0 Å². The van der Waals surface area contributed by atoms with Crippen LogP contribution in [0, 0.1) is 18.6 Å². The Bertz CT molecular complexity index is 1450. The van der Waals surface area contributed by atoms with E-state index in [-0.39, 0.29) is 12.1 Å². The monoisotopic (exact) mass is 535 g/mol. The molecule has 3 atom stereocenters. The third-order valence-corrected chi connectivity index (χ3v) is 6.98. The normalized spacial score (nSPS) is 18.8. The SMILES string of the molecule is COCCC1C[C@@H](NC(=O)Nc2c(C)c(-c3cnn(C)c3)nn2-c2ccccc2)[C@H](c2ccc(F)c(F)c2)N1. The van der Waals surface area contributed by atoms with Gasteiger partial charge in [-0.2, -0.15) is 10.2 Å². The Morgan fingerprint density at radius 3 is 2.67 bits per heavy atom. The molecule has 0 spiro atoms. The topological polar surface area (TPSA) is 98.0 Å². The lowest BCUT2D eigenvalue weighted by molar-refractivity contribution is 0.184. The number of aromatic nitrogens is 4. The molecule has 2 amide bonds. The van der Waals surface area contributed by atoms with Gasteiger partial charge in [0.2, 0.25) is 0 Å². The highest BCUT2D eigenvalue weighted by atomic mass is 19.2. The summed E-state index contributed by atoms with van der Waals surface area (Å²) in [4.78, 5) is 13.4. The summed E-state index contributed by atoms with van der Waals surface area (Å²) in [6.45, 7) is 2.43. The highest BCUT2D eigenvalue weighted by Gasteiger charge is 2.36. The summed E-state index contributed by atoms with van der Waals surface area (Å²) in [6, 6.07) is 12.2. The van der Waals surface area contributed by atoms with Crippen LogP contribution in [0.15, 0.2) is 60.9 Å². The van der Waals surface area contributed by atoms with Crippen LogP contribution >= 0.6 is 0 Å². The summed E-state index contributed by atoms with van der Waals surface area (Å²) < 4.78 is 36.3. The van der Waals surface area contributed by atoms with Crippen LogP contribution in [-0.4, -0.2) is 51.4 Å². The maximum absolute atomic E-state index is 14.1. The number of hydrogen-bond acceptors (Lipinski definition) is 5. The van der Waals surface area contributed by atoms with Crippen molar-refractivity contribution in [1.29, 1.82) is 0 Å². The number of para-hydroxylation sites is 1. The minimum absolute atomic E-state index is 0.0298. The van der Waals surface area contributed by atoms with Crippen molar-refractivity contribution in [2.45, 2.75) is 37.9 Å². The first-order valence-electron chi connectivity index (χ1n) is 12.8. The summed E-state index contributed by atoms with van der Waals surface area (Å²) in [6.07, 6.45) is 4.90. The van der Waals surface area contributed by atoms with Crippen molar-refractivity contribution in [3.05, 3.63) is 83.7 Å². The van der Waals surface area contributed by atoms with Crippen molar-refractivity contribution in [1.82, 2.24) is 30.2 Å². The highest BCUT2D eigenvalue weighted by Crippen LogP contribution is 2.32. The molecule has 3 N–H and O–H groups in total. The lowest BCUT2D eigenvalue weighted by Gasteiger charge is -2.22. The van der Waals surface area contributed by atoms with E-state index in [1.807, 2.05) is 50.5 Å². The van der Waals surface area contributed by atoms with Crippen LogP contribution in [0.1, 0.15) is 30.0 Å². The number of anilines is 1. The van der Waals surface area contributed by atoms with Gasteiger partial charge in [-0.15, -0.1) is 0 Å². The molecule has 1 aliphatic heterocycles. The van der Waals surface area contributed by atoms with E-state index in [1.165, 1.54) is 12.1 Å². The third kappa shape index (κ3) is 5.69. The van der Waals surface area contributed by atoms with Crippen molar-refractivity contribution in [3.8, 4) is 16.9 Å². The zero-order chi connectivity index (χ0) is 27.5. The number of methoxy groups -OCH3 is 1. The average molecular weight is 536 g/mol. The molecule has 1 fully saturated rings. The lowest BCUT2D eigenvalue weighted by Crippen LogP contribution is -2.41. The van der Waals surface area contributed by atoms with Crippen LogP contribution in [0.4, 0.5) is 19.4 Å².